The summed E-state index contributed by atoms with van der Waals surface area (Å²) in [5.74, 6) is 2.15. The van der Waals surface area contributed by atoms with Crippen molar-refractivity contribution in [3.8, 4) is 28.5 Å². The van der Waals surface area contributed by atoms with E-state index in [2.05, 4.69) is 10.4 Å². The number of fused-ring (bicyclic) bond motifs is 1. The van der Waals surface area contributed by atoms with Gasteiger partial charge in [0.25, 0.3) is 5.56 Å². The van der Waals surface area contributed by atoms with Crippen molar-refractivity contribution in [3.63, 3.8) is 0 Å². The summed E-state index contributed by atoms with van der Waals surface area (Å²) in [6.45, 7) is 2.34. The zero-order chi connectivity index (χ0) is 25.8. The predicted molar refractivity (Wildman–Crippen MR) is 134 cm³/mol. The Hall–Kier alpha value is -4.21. The van der Waals surface area contributed by atoms with Crippen LogP contribution in [0.1, 0.15) is 23.4 Å². The Balaban J connectivity index is 1.59. The number of hydrogen-bond acceptors (Lipinski definition) is 7. The molecule has 0 saturated heterocycles. The lowest BCUT2D eigenvalue weighted by Gasteiger charge is -2.13. The molecule has 10 heteroatoms. The van der Waals surface area contributed by atoms with Gasteiger partial charge in [-0.15, -0.1) is 0 Å². The van der Waals surface area contributed by atoms with Crippen LogP contribution in [-0.2, 0) is 24.7 Å². The Morgan fingerprint density at radius 3 is 2.42 bits per heavy atom. The number of methoxy groups -OCH3 is 3. The number of hydrogen-bond donors (Lipinski definition) is 1. The summed E-state index contributed by atoms with van der Waals surface area (Å²) in [5.41, 5.74) is 3.01. The number of ether oxygens (including phenoxy) is 3. The van der Waals surface area contributed by atoms with E-state index in [9.17, 15) is 9.59 Å². The average molecular weight is 495 g/mol. The fourth-order valence-electron chi connectivity index (χ4n) is 4.18. The lowest BCUT2D eigenvalue weighted by atomic mass is 10.1. The number of nitrogens with zero attached hydrogens (tertiary/aromatic N) is 3. The third kappa shape index (κ3) is 4.79. The van der Waals surface area contributed by atoms with Gasteiger partial charge in [-0.05, 0) is 37.6 Å². The average Bonchev–Trinajstić information content (AvgIpc) is 3.57. The van der Waals surface area contributed by atoms with Gasteiger partial charge in [0.2, 0.25) is 11.7 Å². The highest BCUT2D eigenvalue weighted by Gasteiger charge is 2.19. The van der Waals surface area contributed by atoms with Crippen LogP contribution in [0.4, 0.5) is 0 Å². The number of amides is 1. The van der Waals surface area contributed by atoms with Gasteiger partial charge in [0.15, 0.2) is 11.5 Å². The zero-order valence-corrected chi connectivity index (χ0v) is 21.1. The van der Waals surface area contributed by atoms with Crippen LogP contribution < -0.4 is 25.1 Å². The van der Waals surface area contributed by atoms with Gasteiger partial charge in [-0.3, -0.25) is 9.59 Å². The van der Waals surface area contributed by atoms with E-state index in [1.54, 1.807) is 39.7 Å². The first-order chi connectivity index (χ1) is 17.4. The number of furan rings is 1. The Morgan fingerprint density at radius 2 is 1.81 bits per heavy atom. The molecule has 36 heavy (non-hydrogen) atoms. The largest absolute Gasteiger partial charge is 0.493 e. The summed E-state index contributed by atoms with van der Waals surface area (Å²) in [7, 11) is 6.50. The molecule has 0 radical (unpaired) electrons. The summed E-state index contributed by atoms with van der Waals surface area (Å²) in [5, 5.41) is 7.45. The van der Waals surface area contributed by atoms with Crippen molar-refractivity contribution in [1.29, 1.82) is 0 Å². The van der Waals surface area contributed by atoms with Crippen molar-refractivity contribution >= 4 is 11.6 Å². The number of aryl methyl sites for hydroxylation is 1. The first-order valence-corrected chi connectivity index (χ1v) is 11.6. The van der Waals surface area contributed by atoms with E-state index in [0.717, 1.165) is 11.5 Å². The normalized spacial score (nSPS) is 11.0. The molecule has 0 saturated carbocycles. The molecule has 1 N–H and O–H groups in total. The van der Waals surface area contributed by atoms with Gasteiger partial charge in [0.1, 0.15) is 11.4 Å². The molecule has 0 bridgehead atoms. The summed E-state index contributed by atoms with van der Waals surface area (Å²) in [6, 6.07) is 9.09. The SMILES string of the molecule is COc1cc(-c2cc3n(C)c(C)c(CCC(=O)NCCc4ccco4)c(=O)n3n2)cc(OC)c1OC. The van der Waals surface area contributed by atoms with Crippen LogP contribution in [0.2, 0.25) is 0 Å². The maximum atomic E-state index is 13.3. The van der Waals surface area contributed by atoms with Crippen molar-refractivity contribution in [2.24, 2.45) is 7.05 Å². The van der Waals surface area contributed by atoms with Gasteiger partial charge in [-0.2, -0.15) is 9.61 Å². The molecule has 3 heterocycles. The lowest BCUT2D eigenvalue weighted by Crippen LogP contribution is -2.29. The number of carbonyl (C=O) groups is 1. The smallest absolute Gasteiger partial charge is 0.277 e. The molecule has 4 aromatic rings. The summed E-state index contributed by atoms with van der Waals surface area (Å²) >= 11 is 0. The Morgan fingerprint density at radius 1 is 1.08 bits per heavy atom. The van der Waals surface area contributed by atoms with Crippen molar-refractivity contribution in [3.05, 3.63) is 64.0 Å². The lowest BCUT2D eigenvalue weighted by molar-refractivity contribution is -0.121. The van der Waals surface area contributed by atoms with Crippen LogP contribution in [0.3, 0.4) is 0 Å². The van der Waals surface area contributed by atoms with E-state index in [0.29, 0.717) is 59.1 Å². The molecule has 0 aliphatic carbocycles. The second-order valence-corrected chi connectivity index (χ2v) is 8.32. The van der Waals surface area contributed by atoms with Gasteiger partial charge in [0.05, 0.1) is 33.3 Å². The molecule has 0 aliphatic rings. The van der Waals surface area contributed by atoms with Crippen LogP contribution >= 0.6 is 0 Å². The number of aromatic nitrogens is 3. The summed E-state index contributed by atoms with van der Waals surface area (Å²) in [6.07, 6.45) is 2.72. The fraction of sp³-hybridized carbons (Fsp3) is 0.346. The molecular formula is C26H30N4O6. The highest BCUT2D eigenvalue weighted by molar-refractivity contribution is 5.76. The van der Waals surface area contributed by atoms with Gasteiger partial charge in [0, 0.05) is 49.3 Å². The van der Waals surface area contributed by atoms with Crippen molar-refractivity contribution in [2.45, 2.75) is 26.2 Å². The second-order valence-electron chi connectivity index (χ2n) is 8.32. The van der Waals surface area contributed by atoms with E-state index in [4.69, 9.17) is 18.6 Å². The molecule has 0 atom stereocenters. The predicted octanol–water partition coefficient (Wildman–Crippen LogP) is 2.92. The quantitative estimate of drug-likeness (QED) is 0.361. The first kappa shape index (κ1) is 24.9. The fourth-order valence-corrected chi connectivity index (χ4v) is 4.18. The molecule has 0 fully saturated rings. The standard InChI is InChI=1S/C26H30N4O6/c1-16-19(8-9-23(31)27-11-10-18-7-6-12-36-18)26(32)30-24(29(16)2)15-20(28-30)17-13-21(33-3)25(35-5)22(14-17)34-4/h6-7,12-15H,8-11H2,1-5H3,(H,27,31). The third-order valence-corrected chi connectivity index (χ3v) is 6.26. The molecule has 0 unspecified atom stereocenters. The highest BCUT2D eigenvalue weighted by Crippen LogP contribution is 2.41. The van der Waals surface area contributed by atoms with Crippen molar-refractivity contribution < 1.29 is 23.4 Å². The zero-order valence-electron chi connectivity index (χ0n) is 21.1. The highest BCUT2D eigenvalue weighted by atomic mass is 16.5. The Kier molecular flexibility index (Phi) is 7.33. The van der Waals surface area contributed by atoms with E-state index in [1.807, 2.05) is 36.7 Å². The molecule has 10 nitrogen and oxygen atoms in total. The minimum Gasteiger partial charge on any atom is -0.493 e. The van der Waals surface area contributed by atoms with Crippen LogP contribution in [-0.4, -0.2) is 48.0 Å². The molecular weight excluding hydrogens is 464 g/mol. The maximum Gasteiger partial charge on any atom is 0.277 e. The summed E-state index contributed by atoms with van der Waals surface area (Å²) < 4.78 is 24.9. The third-order valence-electron chi connectivity index (χ3n) is 6.26. The summed E-state index contributed by atoms with van der Waals surface area (Å²) in [4.78, 5) is 25.7. The Labute approximate surface area is 208 Å². The van der Waals surface area contributed by atoms with E-state index in [-0.39, 0.29) is 17.9 Å². The number of benzene rings is 1. The van der Waals surface area contributed by atoms with Crippen LogP contribution in [0, 0.1) is 6.92 Å². The van der Waals surface area contributed by atoms with Crippen LogP contribution in [0.25, 0.3) is 16.9 Å². The maximum absolute atomic E-state index is 13.3. The van der Waals surface area contributed by atoms with E-state index < -0.39 is 0 Å². The second kappa shape index (κ2) is 10.6. The van der Waals surface area contributed by atoms with Crippen LogP contribution in [0.15, 0.2) is 45.8 Å². The van der Waals surface area contributed by atoms with E-state index in [1.165, 1.54) is 4.52 Å². The van der Waals surface area contributed by atoms with Crippen molar-refractivity contribution in [1.82, 2.24) is 19.5 Å². The molecule has 0 aliphatic heterocycles. The number of nitrogens with one attached hydrogen (secondary N) is 1. The number of rotatable bonds is 10. The molecule has 1 amide bonds. The van der Waals surface area contributed by atoms with Gasteiger partial charge in [-0.25, -0.2) is 0 Å². The molecule has 4 rings (SSSR count). The van der Waals surface area contributed by atoms with Gasteiger partial charge >= 0.3 is 0 Å². The van der Waals surface area contributed by atoms with E-state index >= 15 is 0 Å². The molecule has 0 spiro atoms. The van der Waals surface area contributed by atoms with Gasteiger partial charge in [-0.1, -0.05) is 0 Å². The monoisotopic (exact) mass is 494 g/mol. The number of carbonyl (C=O) groups excluding carboxylic acids is 1. The topological polar surface area (TPSA) is 109 Å². The Bertz CT molecular complexity index is 1410. The minimum atomic E-state index is -0.248. The first-order valence-electron chi connectivity index (χ1n) is 11.6. The minimum absolute atomic E-state index is 0.123. The van der Waals surface area contributed by atoms with Crippen molar-refractivity contribution in [2.75, 3.05) is 27.9 Å². The molecule has 1 aromatic carbocycles. The van der Waals surface area contributed by atoms with Crippen LogP contribution in [0.5, 0.6) is 17.2 Å². The molecule has 190 valence electrons. The molecule has 3 aromatic heterocycles. The van der Waals surface area contributed by atoms with Gasteiger partial charge < -0.3 is 28.5 Å².